The van der Waals surface area contributed by atoms with Crippen LogP contribution in [0.3, 0.4) is 0 Å². The monoisotopic (exact) mass is 307 g/mol. The second-order valence-electron chi connectivity index (χ2n) is 6.21. The molecule has 0 saturated carbocycles. The number of hydrogen-bond acceptors (Lipinski definition) is 1. The number of hydrogen-bond donors (Lipinski definition) is 0. The van der Waals surface area contributed by atoms with Crippen molar-refractivity contribution >= 4 is 11.9 Å². The smallest absolute Gasteiger partial charge is 0.0664 e. The summed E-state index contributed by atoms with van der Waals surface area (Å²) in [5, 5.41) is 0. The third kappa shape index (κ3) is 5.67. The Morgan fingerprint density at radius 2 is 1.57 bits per heavy atom. The summed E-state index contributed by atoms with van der Waals surface area (Å²) in [6.07, 6.45) is 9.67. The van der Waals surface area contributed by atoms with Gasteiger partial charge in [-0.1, -0.05) is 88.1 Å². The maximum Gasteiger partial charge on any atom is 0.0664 e. The minimum atomic E-state index is 0.635. The Hall–Kier alpha value is -1.89. The molecule has 0 bridgehead atoms. The van der Waals surface area contributed by atoms with Crippen molar-refractivity contribution < 1.29 is 0 Å². The fourth-order valence-electron chi connectivity index (χ4n) is 3.08. The van der Waals surface area contributed by atoms with Crippen LogP contribution in [-0.4, -0.2) is 6.21 Å². The van der Waals surface area contributed by atoms with Gasteiger partial charge in [0.1, 0.15) is 0 Å². The minimum Gasteiger partial charge on any atom is -0.256 e. The lowest BCUT2D eigenvalue weighted by Crippen LogP contribution is -1.99. The SMILES string of the molecule is CCCCCC(CCC)c1ccccc1N=Cc1ccccc1. The van der Waals surface area contributed by atoms with Crippen LogP contribution in [0.25, 0.3) is 0 Å². The molecule has 1 unspecified atom stereocenters. The van der Waals surface area contributed by atoms with E-state index in [1.165, 1.54) is 44.1 Å². The summed E-state index contributed by atoms with van der Waals surface area (Å²) in [6, 6.07) is 19.0. The molecule has 0 spiro atoms. The van der Waals surface area contributed by atoms with Crippen LogP contribution >= 0.6 is 0 Å². The van der Waals surface area contributed by atoms with Gasteiger partial charge in [0.05, 0.1) is 5.69 Å². The van der Waals surface area contributed by atoms with Gasteiger partial charge in [-0.15, -0.1) is 0 Å². The van der Waals surface area contributed by atoms with Gasteiger partial charge >= 0.3 is 0 Å². The second kappa shape index (κ2) is 9.99. The topological polar surface area (TPSA) is 12.4 Å². The molecular weight excluding hydrogens is 278 g/mol. The molecule has 0 aliphatic rings. The van der Waals surface area contributed by atoms with Crippen molar-refractivity contribution in [3.8, 4) is 0 Å². The molecule has 0 heterocycles. The standard InChI is InChI=1S/C22H29N/c1-3-5-7-15-20(12-4-2)21-16-10-11-17-22(21)23-18-19-13-8-6-9-14-19/h6,8-11,13-14,16-18,20H,3-5,7,12,15H2,1-2H3. The van der Waals surface area contributed by atoms with E-state index >= 15 is 0 Å². The fourth-order valence-corrected chi connectivity index (χ4v) is 3.08. The lowest BCUT2D eigenvalue weighted by Gasteiger charge is -2.18. The fraction of sp³-hybridized carbons (Fsp3) is 0.409. The molecular formula is C22H29N. The van der Waals surface area contributed by atoms with Crippen LogP contribution in [0.5, 0.6) is 0 Å². The van der Waals surface area contributed by atoms with E-state index in [0.717, 1.165) is 11.3 Å². The van der Waals surface area contributed by atoms with E-state index in [9.17, 15) is 0 Å². The highest BCUT2D eigenvalue weighted by atomic mass is 14.7. The molecule has 1 atom stereocenters. The van der Waals surface area contributed by atoms with E-state index in [-0.39, 0.29) is 0 Å². The summed E-state index contributed by atoms with van der Waals surface area (Å²) in [4.78, 5) is 4.78. The molecule has 0 fully saturated rings. The molecule has 23 heavy (non-hydrogen) atoms. The summed E-state index contributed by atoms with van der Waals surface area (Å²) in [5.41, 5.74) is 3.70. The number of rotatable bonds is 9. The first kappa shape index (κ1) is 17.5. The van der Waals surface area contributed by atoms with Crippen LogP contribution in [0, 0.1) is 0 Å². The highest BCUT2D eigenvalue weighted by molar-refractivity contribution is 5.82. The third-order valence-corrected chi connectivity index (χ3v) is 4.32. The molecule has 122 valence electrons. The Labute approximate surface area is 141 Å². The zero-order valence-electron chi connectivity index (χ0n) is 14.5. The van der Waals surface area contributed by atoms with Crippen LogP contribution < -0.4 is 0 Å². The van der Waals surface area contributed by atoms with Crippen molar-refractivity contribution in [2.24, 2.45) is 4.99 Å². The van der Waals surface area contributed by atoms with Crippen LogP contribution in [0.4, 0.5) is 5.69 Å². The first-order chi connectivity index (χ1) is 11.3. The van der Waals surface area contributed by atoms with Gasteiger partial charge in [0.2, 0.25) is 0 Å². The van der Waals surface area contributed by atoms with Crippen molar-refractivity contribution in [2.45, 2.75) is 58.3 Å². The van der Waals surface area contributed by atoms with E-state index in [0.29, 0.717) is 5.92 Å². The highest BCUT2D eigenvalue weighted by Gasteiger charge is 2.13. The summed E-state index contributed by atoms with van der Waals surface area (Å²) >= 11 is 0. The Bertz CT molecular complexity index is 586. The molecule has 0 radical (unpaired) electrons. The van der Waals surface area contributed by atoms with E-state index in [1.54, 1.807) is 0 Å². The van der Waals surface area contributed by atoms with Gasteiger partial charge in [-0.3, -0.25) is 4.99 Å². The van der Waals surface area contributed by atoms with Crippen LogP contribution in [-0.2, 0) is 0 Å². The van der Waals surface area contributed by atoms with Gasteiger partial charge < -0.3 is 0 Å². The number of nitrogens with zero attached hydrogens (tertiary/aromatic N) is 1. The Morgan fingerprint density at radius 3 is 2.30 bits per heavy atom. The Morgan fingerprint density at radius 1 is 0.826 bits per heavy atom. The molecule has 1 nitrogen and oxygen atoms in total. The van der Waals surface area contributed by atoms with Gasteiger partial charge in [-0.05, 0) is 36.0 Å². The van der Waals surface area contributed by atoms with Crippen molar-refractivity contribution in [1.82, 2.24) is 0 Å². The number of para-hydroxylation sites is 1. The summed E-state index contributed by atoms with van der Waals surface area (Å²) in [7, 11) is 0. The average molecular weight is 307 g/mol. The number of aliphatic imine (C=N–C) groups is 1. The van der Waals surface area contributed by atoms with Crippen LogP contribution in [0.1, 0.15) is 69.4 Å². The highest BCUT2D eigenvalue weighted by Crippen LogP contribution is 2.33. The summed E-state index contributed by atoms with van der Waals surface area (Å²) < 4.78 is 0. The quantitative estimate of drug-likeness (QED) is 0.353. The first-order valence-electron chi connectivity index (χ1n) is 9.03. The van der Waals surface area contributed by atoms with E-state index < -0.39 is 0 Å². The molecule has 0 aliphatic heterocycles. The second-order valence-corrected chi connectivity index (χ2v) is 6.21. The van der Waals surface area contributed by atoms with Gasteiger partial charge in [0.15, 0.2) is 0 Å². The van der Waals surface area contributed by atoms with Crippen molar-refractivity contribution in [3.63, 3.8) is 0 Å². The Kier molecular flexibility index (Phi) is 7.59. The van der Waals surface area contributed by atoms with E-state index in [4.69, 9.17) is 4.99 Å². The zero-order chi connectivity index (χ0) is 16.3. The van der Waals surface area contributed by atoms with Gasteiger partial charge in [-0.2, -0.15) is 0 Å². The van der Waals surface area contributed by atoms with Gasteiger partial charge in [0, 0.05) is 6.21 Å². The number of unbranched alkanes of at least 4 members (excludes halogenated alkanes) is 2. The maximum absolute atomic E-state index is 4.78. The zero-order valence-corrected chi connectivity index (χ0v) is 14.5. The molecule has 2 rings (SSSR count). The molecule has 2 aromatic rings. The molecule has 0 aliphatic carbocycles. The van der Waals surface area contributed by atoms with Crippen molar-refractivity contribution in [3.05, 3.63) is 65.7 Å². The normalized spacial score (nSPS) is 12.6. The maximum atomic E-state index is 4.78. The van der Waals surface area contributed by atoms with Crippen molar-refractivity contribution in [1.29, 1.82) is 0 Å². The Balaban J connectivity index is 2.18. The predicted octanol–water partition coefficient (Wildman–Crippen LogP) is 6.90. The van der Waals surface area contributed by atoms with Crippen LogP contribution in [0.2, 0.25) is 0 Å². The predicted molar refractivity (Wildman–Crippen MR) is 102 cm³/mol. The lowest BCUT2D eigenvalue weighted by molar-refractivity contribution is 0.530. The molecule has 0 saturated heterocycles. The minimum absolute atomic E-state index is 0.635. The summed E-state index contributed by atoms with van der Waals surface area (Å²) in [6.45, 7) is 4.55. The largest absolute Gasteiger partial charge is 0.256 e. The van der Waals surface area contributed by atoms with Crippen molar-refractivity contribution in [2.75, 3.05) is 0 Å². The lowest BCUT2D eigenvalue weighted by atomic mass is 9.88. The van der Waals surface area contributed by atoms with Gasteiger partial charge in [0.25, 0.3) is 0 Å². The molecule has 0 aromatic heterocycles. The van der Waals surface area contributed by atoms with Gasteiger partial charge in [-0.25, -0.2) is 0 Å². The average Bonchev–Trinajstić information content (AvgIpc) is 2.61. The summed E-state index contributed by atoms with van der Waals surface area (Å²) in [5.74, 6) is 0.635. The first-order valence-corrected chi connectivity index (χ1v) is 9.03. The van der Waals surface area contributed by atoms with E-state index in [1.807, 2.05) is 12.3 Å². The molecule has 1 heteroatoms. The molecule has 2 aromatic carbocycles. The molecule has 0 amide bonds. The molecule has 0 N–H and O–H groups in total. The van der Waals surface area contributed by atoms with E-state index in [2.05, 4.69) is 62.4 Å². The third-order valence-electron chi connectivity index (χ3n) is 4.32. The van der Waals surface area contributed by atoms with Crippen LogP contribution in [0.15, 0.2) is 59.6 Å². The number of benzene rings is 2.